The Bertz CT molecular complexity index is 763. The van der Waals surface area contributed by atoms with Gasteiger partial charge in [-0.3, -0.25) is 9.59 Å². The van der Waals surface area contributed by atoms with E-state index in [-0.39, 0.29) is 23.3 Å². The lowest BCUT2D eigenvalue weighted by Gasteiger charge is -2.20. The fourth-order valence-electron chi connectivity index (χ4n) is 3.55. The van der Waals surface area contributed by atoms with E-state index in [2.05, 4.69) is 5.32 Å². The van der Waals surface area contributed by atoms with Crippen molar-refractivity contribution >= 4 is 21.8 Å². The van der Waals surface area contributed by atoms with Crippen molar-refractivity contribution in [3.05, 3.63) is 29.8 Å². The van der Waals surface area contributed by atoms with E-state index in [0.717, 1.165) is 51.6 Å². The topological polar surface area (TPSA) is 86.8 Å². The number of carbonyl (C=O) groups excluding carboxylic acids is 2. The number of sulfonamides is 1. The summed E-state index contributed by atoms with van der Waals surface area (Å²) in [6.45, 7) is 2.55. The molecular formula is C19H27N3O4S. The average Bonchev–Trinajstić information content (AvgIpc) is 3.10. The maximum absolute atomic E-state index is 12.5. The molecule has 0 aliphatic carbocycles. The van der Waals surface area contributed by atoms with Crippen LogP contribution in [0, 0.1) is 0 Å². The van der Waals surface area contributed by atoms with Crippen molar-refractivity contribution < 1.29 is 18.0 Å². The molecular weight excluding hydrogens is 366 g/mol. The van der Waals surface area contributed by atoms with E-state index in [1.54, 1.807) is 4.90 Å². The van der Waals surface area contributed by atoms with Gasteiger partial charge in [-0.2, -0.15) is 4.31 Å². The van der Waals surface area contributed by atoms with Gasteiger partial charge < -0.3 is 10.2 Å². The molecule has 2 amide bonds. The Kier molecular flexibility index (Phi) is 6.49. The number of hydrogen-bond acceptors (Lipinski definition) is 4. The van der Waals surface area contributed by atoms with Gasteiger partial charge in [0.15, 0.2) is 0 Å². The number of nitrogens with zero attached hydrogens (tertiary/aromatic N) is 2. The van der Waals surface area contributed by atoms with Crippen LogP contribution in [0.1, 0.15) is 48.9 Å². The predicted octanol–water partition coefficient (Wildman–Crippen LogP) is 1.60. The molecule has 2 heterocycles. The maximum atomic E-state index is 12.5. The van der Waals surface area contributed by atoms with Crippen LogP contribution in [-0.4, -0.2) is 62.2 Å². The zero-order chi connectivity index (χ0) is 19.3. The quantitative estimate of drug-likeness (QED) is 0.823. The summed E-state index contributed by atoms with van der Waals surface area (Å²) in [7, 11) is -3.48. The number of likely N-dealkylation sites (tertiary alicyclic amines) is 1. The van der Waals surface area contributed by atoms with Crippen molar-refractivity contribution in [2.75, 3.05) is 32.7 Å². The number of rotatable bonds is 5. The number of hydrogen-bond donors (Lipinski definition) is 1. The second-order valence-electron chi connectivity index (χ2n) is 7.11. The van der Waals surface area contributed by atoms with E-state index in [1.165, 1.54) is 28.6 Å². The Hall–Kier alpha value is -1.93. The lowest BCUT2D eigenvalue weighted by atomic mass is 10.2. The predicted molar refractivity (Wildman–Crippen MR) is 102 cm³/mol. The summed E-state index contributed by atoms with van der Waals surface area (Å²) in [5.74, 6) is -0.443. The Morgan fingerprint density at radius 2 is 1.41 bits per heavy atom. The van der Waals surface area contributed by atoms with Crippen molar-refractivity contribution in [3.63, 3.8) is 0 Å². The number of carbonyl (C=O) groups is 2. The average molecular weight is 394 g/mol. The highest BCUT2D eigenvalue weighted by Crippen LogP contribution is 2.21. The number of amides is 2. The van der Waals surface area contributed by atoms with Crippen molar-refractivity contribution in [1.82, 2.24) is 14.5 Å². The lowest BCUT2D eigenvalue weighted by molar-refractivity contribution is -0.130. The van der Waals surface area contributed by atoms with Gasteiger partial charge in [0.2, 0.25) is 15.9 Å². The Balaban J connectivity index is 1.56. The third-order valence-electron chi connectivity index (χ3n) is 5.18. The van der Waals surface area contributed by atoms with Crippen LogP contribution in [0.4, 0.5) is 0 Å². The summed E-state index contributed by atoms with van der Waals surface area (Å²) in [5.41, 5.74) is 0.346. The van der Waals surface area contributed by atoms with Crippen LogP contribution in [0.3, 0.4) is 0 Å². The van der Waals surface area contributed by atoms with Crippen LogP contribution in [-0.2, 0) is 14.8 Å². The molecule has 0 bridgehead atoms. The molecule has 1 aromatic rings. The third kappa shape index (κ3) is 4.87. The highest BCUT2D eigenvalue weighted by atomic mass is 32.2. The van der Waals surface area contributed by atoms with Gasteiger partial charge in [-0.15, -0.1) is 0 Å². The fraction of sp³-hybridized carbons (Fsp3) is 0.579. The van der Waals surface area contributed by atoms with Gasteiger partial charge in [-0.25, -0.2) is 8.42 Å². The van der Waals surface area contributed by atoms with Crippen LogP contribution in [0.25, 0.3) is 0 Å². The summed E-state index contributed by atoms with van der Waals surface area (Å²) >= 11 is 0. The molecule has 8 heteroatoms. The maximum Gasteiger partial charge on any atom is 0.251 e. The van der Waals surface area contributed by atoms with Gasteiger partial charge >= 0.3 is 0 Å². The first-order valence-corrected chi connectivity index (χ1v) is 11.1. The summed E-state index contributed by atoms with van der Waals surface area (Å²) < 4.78 is 26.5. The largest absolute Gasteiger partial charge is 0.343 e. The molecule has 2 saturated heterocycles. The first-order chi connectivity index (χ1) is 13.0. The van der Waals surface area contributed by atoms with Crippen molar-refractivity contribution in [2.45, 2.75) is 43.4 Å². The molecule has 0 saturated carbocycles. The van der Waals surface area contributed by atoms with Gasteiger partial charge in [0.05, 0.1) is 11.4 Å². The molecule has 7 nitrogen and oxygen atoms in total. The van der Waals surface area contributed by atoms with Crippen LogP contribution in [0.2, 0.25) is 0 Å². The Labute approximate surface area is 160 Å². The summed E-state index contributed by atoms with van der Waals surface area (Å²) in [6.07, 6.45) is 6.06. The molecule has 0 unspecified atom stereocenters. The van der Waals surface area contributed by atoms with Crippen molar-refractivity contribution in [2.24, 2.45) is 0 Å². The monoisotopic (exact) mass is 393 g/mol. The zero-order valence-electron chi connectivity index (χ0n) is 15.5. The van der Waals surface area contributed by atoms with E-state index >= 15 is 0 Å². The van der Waals surface area contributed by atoms with Crippen LogP contribution in [0.15, 0.2) is 29.2 Å². The summed E-state index contributed by atoms with van der Waals surface area (Å²) in [5, 5.41) is 2.64. The minimum absolute atomic E-state index is 0.0351. The standard InChI is InChI=1S/C19H27N3O4S/c23-18(21-11-3-1-2-4-12-21)15-20-19(24)16-7-9-17(10-8-16)27(25,26)22-13-5-6-14-22/h7-10H,1-6,11-15H2,(H,20,24). The molecule has 0 atom stereocenters. The number of benzene rings is 1. The molecule has 27 heavy (non-hydrogen) atoms. The van der Waals surface area contributed by atoms with E-state index in [1.807, 2.05) is 0 Å². The second-order valence-corrected chi connectivity index (χ2v) is 9.05. The Morgan fingerprint density at radius 1 is 0.852 bits per heavy atom. The van der Waals surface area contributed by atoms with E-state index in [9.17, 15) is 18.0 Å². The highest BCUT2D eigenvalue weighted by Gasteiger charge is 2.27. The van der Waals surface area contributed by atoms with Gasteiger partial charge in [-0.05, 0) is 49.9 Å². The molecule has 2 fully saturated rings. The lowest BCUT2D eigenvalue weighted by Crippen LogP contribution is -2.40. The normalized spacial score (nSPS) is 18.9. The first-order valence-electron chi connectivity index (χ1n) is 9.65. The SMILES string of the molecule is O=C(NCC(=O)N1CCCCCC1)c1ccc(S(=O)(=O)N2CCCC2)cc1. The molecule has 0 aromatic heterocycles. The second kappa shape index (κ2) is 8.84. The van der Waals surface area contributed by atoms with Crippen LogP contribution < -0.4 is 5.32 Å². The molecule has 3 rings (SSSR count). The Morgan fingerprint density at radius 3 is 2.00 bits per heavy atom. The van der Waals surface area contributed by atoms with E-state index in [4.69, 9.17) is 0 Å². The van der Waals surface area contributed by atoms with Gasteiger partial charge in [0.1, 0.15) is 0 Å². The summed E-state index contributed by atoms with van der Waals surface area (Å²) in [6, 6.07) is 5.90. The van der Waals surface area contributed by atoms with Crippen molar-refractivity contribution in [3.8, 4) is 0 Å². The molecule has 1 N–H and O–H groups in total. The summed E-state index contributed by atoms with van der Waals surface area (Å²) in [4.78, 5) is 26.5. The van der Waals surface area contributed by atoms with E-state index < -0.39 is 10.0 Å². The first kappa shape index (κ1) is 19.8. The number of nitrogens with one attached hydrogen (secondary N) is 1. The van der Waals surface area contributed by atoms with Gasteiger partial charge in [0, 0.05) is 31.7 Å². The molecule has 2 aliphatic rings. The molecule has 1 aromatic carbocycles. The minimum Gasteiger partial charge on any atom is -0.343 e. The zero-order valence-corrected chi connectivity index (χ0v) is 16.3. The van der Waals surface area contributed by atoms with E-state index in [0.29, 0.717) is 18.7 Å². The molecule has 148 valence electrons. The van der Waals surface area contributed by atoms with Crippen molar-refractivity contribution in [1.29, 1.82) is 0 Å². The minimum atomic E-state index is -3.48. The van der Waals surface area contributed by atoms with Crippen LogP contribution in [0.5, 0.6) is 0 Å². The molecule has 0 radical (unpaired) electrons. The van der Waals surface area contributed by atoms with Gasteiger partial charge in [-0.1, -0.05) is 12.8 Å². The third-order valence-corrected chi connectivity index (χ3v) is 7.09. The van der Waals surface area contributed by atoms with Gasteiger partial charge in [0.25, 0.3) is 5.91 Å². The fourth-order valence-corrected chi connectivity index (χ4v) is 5.06. The highest BCUT2D eigenvalue weighted by molar-refractivity contribution is 7.89. The molecule has 0 spiro atoms. The van der Waals surface area contributed by atoms with Crippen LogP contribution >= 0.6 is 0 Å². The smallest absolute Gasteiger partial charge is 0.251 e. The molecule has 2 aliphatic heterocycles.